The van der Waals surface area contributed by atoms with E-state index in [9.17, 15) is 4.79 Å². The number of rotatable bonds is 8. The van der Waals surface area contributed by atoms with Crippen molar-refractivity contribution in [2.45, 2.75) is 12.6 Å². The van der Waals surface area contributed by atoms with Crippen molar-refractivity contribution in [3.8, 4) is 5.75 Å². The average molecular weight is 553 g/mol. The average Bonchev–Trinajstić information content (AvgIpc) is 2.82. The molecule has 1 aliphatic rings. The van der Waals surface area contributed by atoms with Gasteiger partial charge in [-0.05, 0) is 35.4 Å². The van der Waals surface area contributed by atoms with Crippen molar-refractivity contribution < 1.29 is 14.3 Å². The number of aliphatic imine (C=N–C) groups is 1. The minimum atomic E-state index is -0.426. The number of guanidine groups is 1. The molecule has 0 aliphatic carbocycles. The zero-order valence-corrected chi connectivity index (χ0v) is 20.9. The van der Waals surface area contributed by atoms with E-state index in [2.05, 4.69) is 32.7 Å². The second kappa shape index (κ2) is 13.2. The molecule has 3 rings (SSSR count). The molecule has 1 aliphatic heterocycles. The Morgan fingerprint density at radius 2 is 1.78 bits per heavy atom. The number of ether oxygens (including phenoxy) is 2. The van der Waals surface area contributed by atoms with Crippen molar-refractivity contribution in [1.29, 1.82) is 0 Å². The van der Waals surface area contributed by atoms with E-state index in [1.54, 1.807) is 26.3 Å². The lowest BCUT2D eigenvalue weighted by Crippen LogP contribution is -2.46. The van der Waals surface area contributed by atoms with E-state index in [1.807, 2.05) is 24.3 Å². The number of carbonyl (C=O) groups is 1. The SMILES string of the molecule is CN=C(NCc1ccc(C(N)=O)cc1)NCC(c1ccc(OC)cc1)N1CCOCC1.I. The molecule has 1 saturated heterocycles. The van der Waals surface area contributed by atoms with Crippen molar-refractivity contribution in [3.63, 3.8) is 0 Å². The molecule has 32 heavy (non-hydrogen) atoms. The van der Waals surface area contributed by atoms with Crippen molar-refractivity contribution in [2.75, 3.05) is 47.0 Å². The number of nitrogens with one attached hydrogen (secondary N) is 2. The molecule has 1 atom stereocenters. The van der Waals surface area contributed by atoms with E-state index in [1.165, 1.54) is 5.56 Å². The molecule has 0 radical (unpaired) electrons. The Kier molecular flexibility index (Phi) is 10.7. The molecule has 174 valence electrons. The van der Waals surface area contributed by atoms with Crippen molar-refractivity contribution >= 4 is 35.8 Å². The first-order valence-corrected chi connectivity index (χ1v) is 10.4. The van der Waals surface area contributed by atoms with Gasteiger partial charge in [-0.1, -0.05) is 24.3 Å². The number of primary amides is 1. The second-order valence-corrected chi connectivity index (χ2v) is 7.31. The summed E-state index contributed by atoms with van der Waals surface area (Å²) in [4.78, 5) is 18.0. The summed E-state index contributed by atoms with van der Waals surface area (Å²) < 4.78 is 10.8. The van der Waals surface area contributed by atoms with Crippen LogP contribution >= 0.6 is 24.0 Å². The number of benzene rings is 2. The Morgan fingerprint density at radius 3 is 2.34 bits per heavy atom. The Bertz CT molecular complexity index is 868. The summed E-state index contributed by atoms with van der Waals surface area (Å²) in [6, 6.07) is 15.6. The fraction of sp³-hybridized carbons (Fsp3) is 0.391. The van der Waals surface area contributed by atoms with Gasteiger partial charge in [0.05, 0.1) is 26.4 Å². The standard InChI is InChI=1S/C23H31N5O3.HI/c1-25-23(26-15-17-3-5-19(6-4-17)22(24)29)27-16-21(28-11-13-31-14-12-28)18-7-9-20(30-2)10-8-18;/h3-10,21H,11-16H2,1-2H3,(H2,24,29)(H2,25,26,27);1H. The van der Waals surface area contributed by atoms with Crippen LogP contribution in [0, 0.1) is 0 Å². The largest absolute Gasteiger partial charge is 0.497 e. The number of methoxy groups -OCH3 is 1. The molecule has 9 heteroatoms. The summed E-state index contributed by atoms with van der Waals surface area (Å²) in [5, 5.41) is 6.77. The first-order chi connectivity index (χ1) is 15.1. The van der Waals surface area contributed by atoms with Crippen LogP contribution in [0.1, 0.15) is 27.5 Å². The maximum atomic E-state index is 11.2. The monoisotopic (exact) mass is 553 g/mol. The zero-order valence-electron chi connectivity index (χ0n) is 18.5. The first kappa shape index (κ1) is 25.9. The Morgan fingerprint density at radius 1 is 1.12 bits per heavy atom. The van der Waals surface area contributed by atoms with Gasteiger partial charge in [0.2, 0.25) is 5.91 Å². The normalized spacial score (nSPS) is 15.4. The molecular formula is C23H32IN5O3. The third kappa shape index (κ3) is 7.35. The van der Waals surface area contributed by atoms with Gasteiger partial charge in [-0.25, -0.2) is 0 Å². The summed E-state index contributed by atoms with van der Waals surface area (Å²) in [6.07, 6.45) is 0. The van der Waals surface area contributed by atoms with Crippen molar-refractivity contribution in [2.24, 2.45) is 10.7 Å². The molecule has 1 amide bonds. The lowest BCUT2D eigenvalue weighted by Gasteiger charge is -2.35. The van der Waals surface area contributed by atoms with E-state index in [0.29, 0.717) is 24.6 Å². The Labute approximate surface area is 206 Å². The van der Waals surface area contributed by atoms with E-state index in [-0.39, 0.29) is 30.0 Å². The molecule has 0 aromatic heterocycles. The van der Waals surface area contributed by atoms with Gasteiger partial charge < -0.3 is 25.8 Å². The minimum absolute atomic E-state index is 0. The van der Waals surface area contributed by atoms with Crippen LogP contribution in [0.4, 0.5) is 0 Å². The van der Waals surface area contributed by atoms with Crippen molar-refractivity contribution in [1.82, 2.24) is 15.5 Å². The van der Waals surface area contributed by atoms with Crippen LogP contribution < -0.4 is 21.1 Å². The van der Waals surface area contributed by atoms with E-state index >= 15 is 0 Å². The molecule has 1 heterocycles. The van der Waals surface area contributed by atoms with Crippen LogP contribution in [-0.4, -0.2) is 63.8 Å². The molecule has 1 unspecified atom stereocenters. The quantitative estimate of drug-likeness (QED) is 0.263. The third-order valence-electron chi connectivity index (χ3n) is 5.37. The minimum Gasteiger partial charge on any atom is -0.497 e. The fourth-order valence-electron chi connectivity index (χ4n) is 3.56. The molecule has 2 aromatic rings. The molecule has 4 N–H and O–H groups in total. The van der Waals surface area contributed by atoms with Gasteiger partial charge >= 0.3 is 0 Å². The lowest BCUT2D eigenvalue weighted by molar-refractivity contribution is 0.0170. The summed E-state index contributed by atoms with van der Waals surface area (Å²) in [7, 11) is 3.43. The predicted molar refractivity (Wildman–Crippen MR) is 137 cm³/mol. The highest BCUT2D eigenvalue weighted by Gasteiger charge is 2.23. The number of hydrogen-bond acceptors (Lipinski definition) is 5. The van der Waals surface area contributed by atoms with Gasteiger partial charge in [-0.2, -0.15) is 0 Å². The highest BCUT2D eigenvalue weighted by atomic mass is 127. The Balaban J connectivity index is 0.00000363. The van der Waals surface area contributed by atoms with Gasteiger partial charge in [0.25, 0.3) is 0 Å². The number of carbonyl (C=O) groups excluding carboxylic acids is 1. The van der Waals surface area contributed by atoms with Crippen molar-refractivity contribution in [3.05, 3.63) is 65.2 Å². The number of morpholine rings is 1. The molecule has 0 bridgehead atoms. The number of nitrogens with two attached hydrogens (primary N) is 1. The maximum absolute atomic E-state index is 11.2. The van der Waals surface area contributed by atoms with Crippen LogP contribution in [0.2, 0.25) is 0 Å². The van der Waals surface area contributed by atoms with Gasteiger partial charge in [-0.3, -0.25) is 14.7 Å². The second-order valence-electron chi connectivity index (χ2n) is 7.31. The predicted octanol–water partition coefficient (Wildman–Crippen LogP) is 2.15. The molecule has 1 fully saturated rings. The maximum Gasteiger partial charge on any atom is 0.248 e. The summed E-state index contributed by atoms with van der Waals surface area (Å²) in [6.45, 7) is 4.53. The number of hydrogen-bond donors (Lipinski definition) is 3. The lowest BCUT2D eigenvalue weighted by atomic mass is 10.0. The molecular weight excluding hydrogens is 521 g/mol. The van der Waals surface area contributed by atoms with Gasteiger partial charge in [0, 0.05) is 38.8 Å². The zero-order chi connectivity index (χ0) is 22.1. The van der Waals surface area contributed by atoms with Crippen LogP contribution in [0.3, 0.4) is 0 Å². The van der Waals surface area contributed by atoms with Crippen LogP contribution in [-0.2, 0) is 11.3 Å². The van der Waals surface area contributed by atoms with Crippen LogP contribution in [0.5, 0.6) is 5.75 Å². The van der Waals surface area contributed by atoms with E-state index < -0.39 is 5.91 Å². The molecule has 0 saturated carbocycles. The van der Waals surface area contributed by atoms with E-state index in [0.717, 1.165) is 37.6 Å². The number of amides is 1. The smallest absolute Gasteiger partial charge is 0.248 e. The molecule has 2 aromatic carbocycles. The summed E-state index contributed by atoms with van der Waals surface area (Å²) >= 11 is 0. The summed E-state index contributed by atoms with van der Waals surface area (Å²) in [5.74, 6) is 1.13. The first-order valence-electron chi connectivity index (χ1n) is 10.4. The van der Waals surface area contributed by atoms with Gasteiger partial charge in [-0.15, -0.1) is 24.0 Å². The van der Waals surface area contributed by atoms with Gasteiger partial charge in [0.1, 0.15) is 5.75 Å². The van der Waals surface area contributed by atoms with Gasteiger partial charge in [0.15, 0.2) is 5.96 Å². The topological polar surface area (TPSA) is 101 Å². The molecule has 8 nitrogen and oxygen atoms in total. The summed E-state index contributed by atoms with van der Waals surface area (Å²) in [5.41, 5.74) is 8.05. The van der Waals surface area contributed by atoms with E-state index in [4.69, 9.17) is 15.2 Å². The number of nitrogens with zero attached hydrogens (tertiary/aromatic N) is 2. The van der Waals surface area contributed by atoms with Crippen LogP contribution in [0.15, 0.2) is 53.5 Å². The molecule has 0 spiro atoms. The number of halogens is 1. The highest BCUT2D eigenvalue weighted by molar-refractivity contribution is 14.0. The fourth-order valence-corrected chi connectivity index (χ4v) is 3.56. The van der Waals surface area contributed by atoms with Crippen LogP contribution in [0.25, 0.3) is 0 Å². The third-order valence-corrected chi connectivity index (χ3v) is 5.37. The highest BCUT2D eigenvalue weighted by Crippen LogP contribution is 2.23. The Hall–Kier alpha value is -2.37.